The maximum absolute atomic E-state index is 13.0. The summed E-state index contributed by atoms with van der Waals surface area (Å²) >= 11 is 1.59. The van der Waals surface area contributed by atoms with Crippen molar-refractivity contribution in [3.8, 4) is 10.6 Å². The van der Waals surface area contributed by atoms with Gasteiger partial charge in [-0.1, -0.05) is 24.3 Å². The largest absolute Gasteiger partial charge is 0.307 e. The predicted octanol–water partition coefficient (Wildman–Crippen LogP) is 5.08. The van der Waals surface area contributed by atoms with Gasteiger partial charge in [0.1, 0.15) is 10.8 Å². The summed E-state index contributed by atoms with van der Waals surface area (Å²) in [5, 5.41) is 6.44. The number of thiazole rings is 1. The van der Waals surface area contributed by atoms with E-state index >= 15 is 0 Å². The third-order valence-corrected chi connectivity index (χ3v) is 5.52. The van der Waals surface area contributed by atoms with E-state index in [2.05, 4.69) is 65.7 Å². The molecule has 27 heavy (non-hydrogen) atoms. The summed E-state index contributed by atoms with van der Waals surface area (Å²) in [6, 6.07) is 15.7. The molecular weight excluding hydrogens is 357 g/mol. The van der Waals surface area contributed by atoms with E-state index in [0.29, 0.717) is 12.6 Å². The highest BCUT2D eigenvalue weighted by molar-refractivity contribution is 7.13. The Kier molecular flexibility index (Phi) is 6.72. The van der Waals surface area contributed by atoms with E-state index in [-0.39, 0.29) is 5.82 Å². The standard InChI is InChI=1S/C22H26FN3S/c1-16(2)26(3)14-18-6-4-5-17(11-18)12-24-13-21-15-27-22(25-21)19-7-9-20(23)10-8-19/h4-11,15-16,24H,12-14H2,1-3H3. The van der Waals surface area contributed by atoms with Crippen LogP contribution in [-0.2, 0) is 19.6 Å². The van der Waals surface area contributed by atoms with E-state index in [9.17, 15) is 4.39 Å². The minimum absolute atomic E-state index is 0.223. The van der Waals surface area contributed by atoms with Crippen molar-refractivity contribution >= 4 is 11.3 Å². The second kappa shape index (κ2) is 9.22. The number of benzene rings is 2. The van der Waals surface area contributed by atoms with E-state index in [1.807, 2.05) is 0 Å². The number of nitrogens with zero attached hydrogens (tertiary/aromatic N) is 2. The third kappa shape index (κ3) is 5.70. The van der Waals surface area contributed by atoms with Crippen LogP contribution in [0.15, 0.2) is 53.9 Å². The molecule has 1 aromatic heterocycles. The fourth-order valence-electron chi connectivity index (χ4n) is 2.76. The van der Waals surface area contributed by atoms with Crippen molar-refractivity contribution in [2.75, 3.05) is 7.05 Å². The highest BCUT2D eigenvalue weighted by Crippen LogP contribution is 2.23. The van der Waals surface area contributed by atoms with Gasteiger partial charge in [0.05, 0.1) is 5.69 Å². The van der Waals surface area contributed by atoms with Gasteiger partial charge in [-0.3, -0.25) is 4.90 Å². The SMILES string of the molecule is CC(C)N(C)Cc1cccc(CNCc2csc(-c3ccc(F)cc3)n2)c1. The van der Waals surface area contributed by atoms with Gasteiger partial charge in [0.25, 0.3) is 0 Å². The summed E-state index contributed by atoms with van der Waals surface area (Å²) < 4.78 is 13.0. The van der Waals surface area contributed by atoms with Crippen molar-refractivity contribution in [3.05, 3.63) is 76.5 Å². The highest BCUT2D eigenvalue weighted by atomic mass is 32.1. The Hall–Kier alpha value is -2.08. The predicted molar refractivity (Wildman–Crippen MR) is 111 cm³/mol. The molecule has 0 bridgehead atoms. The van der Waals surface area contributed by atoms with Gasteiger partial charge in [-0.15, -0.1) is 11.3 Å². The van der Waals surface area contributed by atoms with Crippen LogP contribution in [0.1, 0.15) is 30.7 Å². The maximum atomic E-state index is 13.0. The summed E-state index contributed by atoms with van der Waals surface area (Å²) in [5.41, 5.74) is 4.57. The van der Waals surface area contributed by atoms with E-state index in [1.54, 1.807) is 23.5 Å². The molecule has 3 aromatic rings. The Balaban J connectivity index is 1.53. The van der Waals surface area contributed by atoms with Gasteiger partial charge in [-0.2, -0.15) is 0 Å². The lowest BCUT2D eigenvalue weighted by atomic mass is 10.1. The third-order valence-electron chi connectivity index (χ3n) is 4.58. The summed E-state index contributed by atoms with van der Waals surface area (Å²) in [6.07, 6.45) is 0. The molecule has 2 aromatic carbocycles. The quantitative estimate of drug-likeness (QED) is 0.588. The summed E-state index contributed by atoms with van der Waals surface area (Å²) in [5.74, 6) is -0.223. The summed E-state index contributed by atoms with van der Waals surface area (Å²) in [6.45, 7) is 6.90. The first kappa shape index (κ1) is 19.7. The fourth-order valence-corrected chi connectivity index (χ4v) is 3.58. The van der Waals surface area contributed by atoms with Gasteiger partial charge in [0.15, 0.2) is 0 Å². The zero-order chi connectivity index (χ0) is 19.2. The van der Waals surface area contributed by atoms with Crippen LogP contribution in [0.2, 0.25) is 0 Å². The molecule has 142 valence electrons. The molecule has 5 heteroatoms. The molecular formula is C22H26FN3S. The molecule has 1 heterocycles. The second-order valence-electron chi connectivity index (χ2n) is 7.08. The molecule has 1 N–H and O–H groups in total. The van der Waals surface area contributed by atoms with Gasteiger partial charge < -0.3 is 5.32 Å². The Labute approximate surface area is 164 Å². The molecule has 0 aliphatic carbocycles. The molecule has 0 amide bonds. The Morgan fingerprint density at radius 3 is 2.56 bits per heavy atom. The van der Waals surface area contributed by atoms with Crippen LogP contribution in [0.5, 0.6) is 0 Å². The summed E-state index contributed by atoms with van der Waals surface area (Å²) in [4.78, 5) is 6.98. The lowest BCUT2D eigenvalue weighted by Gasteiger charge is -2.21. The lowest BCUT2D eigenvalue weighted by Crippen LogP contribution is -2.25. The fraction of sp³-hybridized carbons (Fsp3) is 0.318. The van der Waals surface area contributed by atoms with Gasteiger partial charge >= 0.3 is 0 Å². The van der Waals surface area contributed by atoms with E-state index in [0.717, 1.165) is 29.4 Å². The van der Waals surface area contributed by atoms with Crippen molar-refractivity contribution in [1.82, 2.24) is 15.2 Å². The molecule has 0 saturated carbocycles. The first-order valence-corrected chi connectivity index (χ1v) is 10.1. The van der Waals surface area contributed by atoms with Crippen molar-refractivity contribution in [2.45, 2.75) is 39.5 Å². The van der Waals surface area contributed by atoms with Gasteiger partial charge in [-0.05, 0) is 56.3 Å². The van der Waals surface area contributed by atoms with Gasteiger partial charge in [-0.25, -0.2) is 9.37 Å². The van der Waals surface area contributed by atoms with E-state index in [4.69, 9.17) is 0 Å². The first-order valence-electron chi connectivity index (χ1n) is 9.20. The van der Waals surface area contributed by atoms with Crippen molar-refractivity contribution < 1.29 is 4.39 Å². The van der Waals surface area contributed by atoms with E-state index < -0.39 is 0 Å². The minimum atomic E-state index is -0.223. The number of nitrogens with one attached hydrogen (secondary N) is 1. The van der Waals surface area contributed by atoms with Crippen LogP contribution in [0, 0.1) is 5.82 Å². The number of hydrogen-bond acceptors (Lipinski definition) is 4. The van der Waals surface area contributed by atoms with Crippen LogP contribution in [0.3, 0.4) is 0 Å². The molecule has 0 fully saturated rings. The first-order chi connectivity index (χ1) is 13.0. The van der Waals surface area contributed by atoms with Crippen LogP contribution >= 0.6 is 11.3 Å². The average Bonchev–Trinajstić information content (AvgIpc) is 3.11. The number of halogens is 1. The molecule has 0 radical (unpaired) electrons. The Bertz CT molecular complexity index is 858. The molecule has 0 atom stereocenters. The zero-order valence-electron chi connectivity index (χ0n) is 16.1. The lowest BCUT2D eigenvalue weighted by molar-refractivity contribution is 0.266. The minimum Gasteiger partial charge on any atom is -0.307 e. The molecule has 0 aliphatic rings. The summed E-state index contributed by atoms with van der Waals surface area (Å²) in [7, 11) is 2.15. The molecule has 0 saturated heterocycles. The Morgan fingerprint density at radius 1 is 1.07 bits per heavy atom. The number of aromatic nitrogens is 1. The molecule has 0 aliphatic heterocycles. The van der Waals surface area contributed by atoms with E-state index in [1.165, 1.54) is 23.3 Å². The Morgan fingerprint density at radius 2 is 1.81 bits per heavy atom. The molecule has 0 spiro atoms. The van der Waals surface area contributed by atoms with Gasteiger partial charge in [0, 0.05) is 36.6 Å². The van der Waals surface area contributed by atoms with Crippen molar-refractivity contribution in [2.24, 2.45) is 0 Å². The van der Waals surface area contributed by atoms with Crippen molar-refractivity contribution in [3.63, 3.8) is 0 Å². The number of hydrogen-bond donors (Lipinski definition) is 1. The smallest absolute Gasteiger partial charge is 0.123 e. The normalized spacial score (nSPS) is 11.5. The number of rotatable bonds is 8. The maximum Gasteiger partial charge on any atom is 0.123 e. The van der Waals surface area contributed by atoms with Crippen molar-refractivity contribution in [1.29, 1.82) is 0 Å². The van der Waals surface area contributed by atoms with Crippen LogP contribution in [0.25, 0.3) is 10.6 Å². The average molecular weight is 384 g/mol. The second-order valence-corrected chi connectivity index (χ2v) is 7.94. The van der Waals surface area contributed by atoms with Crippen LogP contribution in [-0.4, -0.2) is 23.0 Å². The monoisotopic (exact) mass is 383 g/mol. The van der Waals surface area contributed by atoms with Crippen LogP contribution in [0.4, 0.5) is 4.39 Å². The molecule has 3 rings (SSSR count). The molecule has 0 unspecified atom stereocenters. The molecule has 3 nitrogen and oxygen atoms in total. The van der Waals surface area contributed by atoms with Crippen LogP contribution < -0.4 is 5.32 Å². The zero-order valence-corrected chi connectivity index (χ0v) is 16.9. The van der Waals surface area contributed by atoms with Gasteiger partial charge in [0.2, 0.25) is 0 Å². The highest BCUT2D eigenvalue weighted by Gasteiger charge is 2.06. The topological polar surface area (TPSA) is 28.2 Å².